The summed E-state index contributed by atoms with van der Waals surface area (Å²) in [7, 11) is 1.92. The van der Waals surface area contributed by atoms with E-state index in [9.17, 15) is 4.79 Å². The number of amides is 1. The smallest absolute Gasteiger partial charge is 0.224 e. The van der Waals surface area contributed by atoms with Gasteiger partial charge in [-0.25, -0.2) is 0 Å². The molecule has 2 aromatic carbocycles. The minimum atomic E-state index is 0.0527. The van der Waals surface area contributed by atoms with Crippen LogP contribution in [0, 0.1) is 6.92 Å². The molecule has 0 spiro atoms. The van der Waals surface area contributed by atoms with Gasteiger partial charge in [-0.05, 0) is 43.7 Å². The summed E-state index contributed by atoms with van der Waals surface area (Å²) in [5, 5.41) is 6.03. The SMILES string of the molecule is CNCc1ccc(NC(=O)CCc2ccc(C)cc2)cc1. The lowest BCUT2D eigenvalue weighted by Crippen LogP contribution is -2.12. The van der Waals surface area contributed by atoms with Gasteiger partial charge < -0.3 is 10.6 Å². The number of hydrogen-bond donors (Lipinski definition) is 2. The van der Waals surface area contributed by atoms with Crippen molar-refractivity contribution >= 4 is 11.6 Å². The number of aryl methyl sites for hydroxylation is 2. The molecule has 3 nitrogen and oxygen atoms in total. The van der Waals surface area contributed by atoms with E-state index in [-0.39, 0.29) is 5.91 Å². The van der Waals surface area contributed by atoms with E-state index in [4.69, 9.17) is 0 Å². The summed E-state index contributed by atoms with van der Waals surface area (Å²) in [6.07, 6.45) is 1.27. The first-order valence-electron chi connectivity index (χ1n) is 7.26. The Hall–Kier alpha value is -2.13. The Labute approximate surface area is 126 Å². The van der Waals surface area contributed by atoms with E-state index in [1.807, 2.05) is 31.3 Å². The van der Waals surface area contributed by atoms with Gasteiger partial charge in [0.1, 0.15) is 0 Å². The highest BCUT2D eigenvalue weighted by atomic mass is 16.1. The van der Waals surface area contributed by atoms with E-state index in [1.165, 1.54) is 16.7 Å². The molecule has 0 unspecified atom stereocenters. The van der Waals surface area contributed by atoms with Gasteiger partial charge in [0.05, 0.1) is 0 Å². The first-order valence-corrected chi connectivity index (χ1v) is 7.26. The van der Waals surface area contributed by atoms with E-state index in [0.717, 1.165) is 18.7 Å². The second kappa shape index (κ2) is 7.60. The second-order valence-corrected chi connectivity index (χ2v) is 5.26. The van der Waals surface area contributed by atoms with Gasteiger partial charge in [-0.3, -0.25) is 4.79 Å². The quantitative estimate of drug-likeness (QED) is 0.853. The molecule has 0 heterocycles. The van der Waals surface area contributed by atoms with Crippen LogP contribution in [0.4, 0.5) is 5.69 Å². The molecule has 0 saturated carbocycles. The number of anilines is 1. The Bertz CT molecular complexity index is 573. The van der Waals surface area contributed by atoms with Crippen molar-refractivity contribution in [3.05, 3.63) is 65.2 Å². The third-order valence-electron chi connectivity index (χ3n) is 3.38. The molecule has 110 valence electrons. The van der Waals surface area contributed by atoms with Crippen LogP contribution in [-0.4, -0.2) is 13.0 Å². The van der Waals surface area contributed by atoms with Crippen LogP contribution in [0.1, 0.15) is 23.1 Å². The van der Waals surface area contributed by atoms with E-state index in [1.54, 1.807) is 0 Å². The lowest BCUT2D eigenvalue weighted by Gasteiger charge is -2.07. The van der Waals surface area contributed by atoms with Crippen LogP contribution in [-0.2, 0) is 17.8 Å². The molecule has 1 amide bonds. The zero-order valence-electron chi connectivity index (χ0n) is 12.6. The first-order chi connectivity index (χ1) is 10.2. The fraction of sp³-hybridized carbons (Fsp3) is 0.278. The fourth-order valence-corrected chi connectivity index (χ4v) is 2.15. The number of carbonyl (C=O) groups is 1. The van der Waals surface area contributed by atoms with Crippen LogP contribution in [0.15, 0.2) is 48.5 Å². The average molecular weight is 282 g/mol. The molecule has 2 N–H and O–H groups in total. The summed E-state index contributed by atoms with van der Waals surface area (Å²) in [4.78, 5) is 11.9. The molecular weight excluding hydrogens is 260 g/mol. The molecule has 0 atom stereocenters. The van der Waals surface area contributed by atoms with Gasteiger partial charge in [0, 0.05) is 18.7 Å². The summed E-state index contributed by atoms with van der Waals surface area (Å²) in [6, 6.07) is 16.2. The molecule has 21 heavy (non-hydrogen) atoms. The summed E-state index contributed by atoms with van der Waals surface area (Å²) < 4.78 is 0. The molecule has 0 aromatic heterocycles. The predicted molar refractivity (Wildman–Crippen MR) is 87.3 cm³/mol. The van der Waals surface area contributed by atoms with Crippen molar-refractivity contribution in [3.8, 4) is 0 Å². The minimum absolute atomic E-state index is 0.0527. The Morgan fingerprint density at radius 3 is 2.19 bits per heavy atom. The van der Waals surface area contributed by atoms with E-state index in [2.05, 4.69) is 41.8 Å². The van der Waals surface area contributed by atoms with Gasteiger partial charge in [-0.2, -0.15) is 0 Å². The Morgan fingerprint density at radius 2 is 1.57 bits per heavy atom. The monoisotopic (exact) mass is 282 g/mol. The summed E-state index contributed by atoms with van der Waals surface area (Å²) in [6.45, 7) is 2.90. The Balaban J connectivity index is 1.82. The van der Waals surface area contributed by atoms with Crippen molar-refractivity contribution in [2.45, 2.75) is 26.3 Å². The largest absolute Gasteiger partial charge is 0.326 e. The zero-order valence-corrected chi connectivity index (χ0v) is 12.6. The summed E-state index contributed by atoms with van der Waals surface area (Å²) in [5.74, 6) is 0.0527. The van der Waals surface area contributed by atoms with Gasteiger partial charge in [0.15, 0.2) is 0 Å². The van der Waals surface area contributed by atoms with E-state index in [0.29, 0.717) is 6.42 Å². The molecule has 3 heteroatoms. The molecule has 0 fully saturated rings. The molecule has 2 aromatic rings. The highest BCUT2D eigenvalue weighted by molar-refractivity contribution is 5.90. The molecule has 0 radical (unpaired) electrons. The molecule has 0 aliphatic heterocycles. The molecule has 0 aliphatic rings. The van der Waals surface area contributed by atoms with Crippen LogP contribution in [0.25, 0.3) is 0 Å². The van der Waals surface area contributed by atoms with Gasteiger partial charge in [-0.1, -0.05) is 42.0 Å². The third-order valence-corrected chi connectivity index (χ3v) is 3.38. The van der Waals surface area contributed by atoms with Crippen LogP contribution in [0.3, 0.4) is 0 Å². The van der Waals surface area contributed by atoms with Crippen molar-refractivity contribution in [2.24, 2.45) is 0 Å². The van der Waals surface area contributed by atoms with Crippen LogP contribution >= 0.6 is 0 Å². The van der Waals surface area contributed by atoms with Crippen molar-refractivity contribution in [2.75, 3.05) is 12.4 Å². The van der Waals surface area contributed by atoms with Gasteiger partial charge in [0.25, 0.3) is 0 Å². The number of nitrogens with one attached hydrogen (secondary N) is 2. The van der Waals surface area contributed by atoms with Gasteiger partial charge in [-0.15, -0.1) is 0 Å². The number of benzene rings is 2. The molecule has 0 bridgehead atoms. The normalized spacial score (nSPS) is 10.4. The molecular formula is C18H22N2O. The Morgan fingerprint density at radius 1 is 0.952 bits per heavy atom. The highest BCUT2D eigenvalue weighted by Gasteiger charge is 2.03. The first kappa shape index (κ1) is 15.3. The maximum Gasteiger partial charge on any atom is 0.224 e. The maximum atomic E-state index is 11.9. The lowest BCUT2D eigenvalue weighted by molar-refractivity contribution is -0.116. The topological polar surface area (TPSA) is 41.1 Å². The van der Waals surface area contributed by atoms with Crippen molar-refractivity contribution in [1.29, 1.82) is 0 Å². The number of rotatable bonds is 6. The second-order valence-electron chi connectivity index (χ2n) is 5.26. The van der Waals surface area contributed by atoms with Crippen molar-refractivity contribution < 1.29 is 4.79 Å². The van der Waals surface area contributed by atoms with Gasteiger partial charge in [0.2, 0.25) is 5.91 Å². The van der Waals surface area contributed by atoms with E-state index >= 15 is 0 Å². The van der Waals surface area contributed by atoms with Crippen molar-refractivity contribution in [3.63, 3.8) is 0 Å². The summed E-state index contributed by atoms with van der Waals surface area (Å²) >= 11 is 0. The fourth-order valence-electron chi connectivity index (χ4n) is 2.15. The number of carbonyl (C=O) groups excluding carboxylic acids is 1. The highest BCUT2D eigenvalue weighted by Crippen LogP contribution is 2.11. The zero-order chi connectivity index (χ0) is 15.1. The Kier molecular flexibility index (Phi) is 5.52. The minimum Gasteiger partial charge on any atom is -0.326 e. The molecule has 0 aliphatic carbocycles. The lowest BCUT2D eigenvalue weighted by atomic mass is 10.1. The average Bonchev–Trinajstić information content (AvgIpc) is 2.49. The van der Waals surface area contributed by atoms with Gasteiger partial charge >= 0.3 is 0 Å². The molecule has 0 saturated heterocycles. The molecule has 2 rings (SSSR count). The van der Waals surface area contributed by atoms with E-state index < -0.39 is 0 Å². The third kappa shape index (κ3) is 5.04. The summed E-state index contributed by atoms with van der Waals surface area (Å²) in [5.41, 5.74) is 4.49. The standard InChI is InChI=1S/C18H22N2O/c1-14-3-5-15(6-4-14)9-12-18(21)20-17-10-7-16(8-11-17)13-19-2/h3-8,10-11,19H,9,12-13H2,1-2H3,(H,20,21). The maximum absolute atomic E-state index is 11.9. The number of hydrogen-bond acceptors (Lipinski definition) is 2. The van der Waals surface area contributed by atoms with Crippen LogP contribution < -0.4 is 10.6 Å². The van der Waals surface area contributed by atoms with Crippen LogP contribution in [0.2, 0.25) is 0 Å². The van der Waals surface area contributed by atoms with Crippen LogP contribution in [0.5, 0.6) is 0 Å². The predicted octanol–water partition coefficient (Wildman–Crippen LogP) is 3.29. The van der Waals surface area contributed by atoms with Crippen molar-refractivity contribution in [1.82, 2.24) is 5.32 Å².